The number of Topliss-reactive ketones (excluding diaryl/α,β-unsaturated/α-hetero) is 3. The van der Waals surface area contributed by atoms with E-state index in [1.54, 1.807) is 20.8 Å². The molecule has 0 aromatic rings. The third-order valence-electron chi connectivity index (χ3n) is 2.46. The summed E-state index contributed by atoms with van der Waals surface area (Å²) in [5, 5.41) is 8.14. The van der Waals surface area contributed by atoms with E-state index in [1.807, 2.05) is 13.8 Å². The van der Waals surface area contributed by atoms with Crippen molar-refractivity contribution in [3.8, 4) is 0 Å². The Balaban J connectivity index is -0.000000107. The molecule has 0 radical (unpaired) electrons. The summed E-state index contributed by atoms with van der Waals surface area (Å²) in [6.07, 6.45) is -0.310. The molecule has 0 saturated heterocycles. The van der Waals surface area contributed by atoms with E-state index in [0.29, 0.717) is 32.3 Å². The van der Waals surface area contributed by atoms with E-state index in [1.165, 1.54) is 20.8 Å². The Bertz CT molecular complexity index is 488. The number of aliphatic hydroxyl groups excluding tert-OH is 1. The molecule has 0 aliphatic carbocycles. The molecule has 0 atom stereocenters. The maximum atomic E-state index is 10.4. The molecule has 0 bridgehead atoms. The molecular formula is C22H40O10Ti. The number of aliphatic hydroxyl groups is 1. The molecule has 0 fully saturated rings. The standard InChI is InChI=1S/3C6H10O3.C4H10O.Ti/c3*1-3-9-6(8)4-5(2)7;1-4(2)3-5;/h3*3-4H2,1-2H3;4-5H,3H2,1-2H3;. The van der Waals surface area contributed by atoms with Gasteiger partial charge in [-0.3, -0.25) is 28.8 Å². The van der Waals surface area contributed by atoms with Crippen LogP contribution in [0, 0.1) is 5.92 Å². The van der Waals surface area contributed by atoms with Gasteiger partial charge < -0.3 is 19.3 Å². The largest absolute Gasteiger partial charge is 0.466 e. The van der Waals surface area contributed by atoms with Crippen LogP contribution in [0.5, 0.6) is 0 Å². The molecule has 0 heterocycles. The predicted octanol–water partition coefficient (Wildman–Crippen LogP) is 2.22. The van der Waals surface area contributed by atoms with E-state index in [4.69, 9.17) is 5.11 Å². The van der Waals surface area contributed by atoms with Crippen molar-refractivity contribution in [2.24, 2.45) is 5.92 Å². The Morgan fingerprint density at radius 3 is 0.879 bits per heavy atom. The quantitative estimate of drug-likeness (QED) is 0.200. The van der Waals surface area contributed by atoms with E-state index in [9.17, 15) is 28.8 Å². The van der Waals surface area contributed by atoms with Crippen LogP contribution in [-0.4, -0.2) is 66.8 Å². The molecule has 0 unspecified atom stereocenters. The number of carbonyl (C=O) groups is 6. The van der Waals surface area contributed by atoms with Crippen LogP contribution in [-0.2, 0) is 64.7 Å². The van der Waals surface area contributed by atoms with Gasteiger partial charge in [-0.15, -0.1) is 0 Å². The van der Waals surface area contributed by atoms with Gasteiger partial charge in [-0.1, -0.05) is 13.8 Å². The number of hydrogen-bond acceptors (Lipinski definition) is 10. The molecule has 11 heteroatoms. The molecule has 192 valence electrons. The molecule has 0 aliphatic rings. The third-order valence-corrected chi connectivity index (χ3v) is 2.46. The molecular weight excluding hydrogens is 472 g/mol. The van der Waals surface area contributed by atoms with Crippen molar-refractivity contribution in [1.29, 1.82) is 0 Å². The minimum absolute atomic E-state index is 0. The summed E-state index contributed by atoms with van der Waals surface area (Å²) in [5.74, 6) is -1.36. The van der Waals surface area contributed by atoms with Crippen molar-refractivity contribution in [3.63, 3.8) is 0 Å². The fourth-order valence-corrected chi connectivity index (χ4v) is 1.25. The summed E-state index contributed by atoms with van der Waals surface area (Å²) in [6.45, 7) is 14.5. The summed E-state index contributed by atoms with van der Waals surface area (Å²) in [7, 11) is 0. The fourth-order valence-electron chi connectivity index (χ4n) is 1.25. The maximum absolute atomic E-state index is 10.4. The van der Waals surface area contributed by atoms with Crippen molar-refractivity contribution < 1.29 is 69.8 Å². The van der Waals surface area contributed by atoms with Crippen molar-refractivity contribution >= 4 is 35.3 Å². The number of rotatable bonds is 10. The van der Waals surface area contributed by atoms with Crippen LogP contribution in [0.15, 0.2) is 0 Å². The van der Waals surface area contributed by atoms with Gasteiger partial charge in [0, 0.05) is 28.3 Å². The number of ketones is 3. The number of hydrogen-bond donors (Lipinski definition) is 1. The van der Waals surface area contributed by atoms with Crippen LogP contribution in [0.1, 0.15) is 74.7 Å². The van der Waals surface area contributed by atoms with Crippen molar-refractivity contribution in [1.82, 2.24) is 0 Å². The van der Waals surface area contributed by atoms with Gasteiger partial charge in [-0.25, -0.2) is 0 Å². The van der Waals surface area contributed by atoms with Gasteiger partial charge in [-0.05, 0) is 47.5 Å². The normalized spacial score (nSPS) is 8.55. The average molecular weight is 512 g/mol. The van der Waals surface area contributed by atoms with E-state index in [0.717, 1.165) is 0 Å². The summed E-state index contributed by atoms with van der Waals surface area (Å²) in [5.41, 5.74) is 0. The molecule has 0 rings (SSSR count). The molecule has 0 aromatic carbocycles. The SMILES string of the molecule is CC(C)CO.CCOC(=O)CC(C)=O.CCOC(=O)CC(C)=O.CCOC(=O)CC(C)=O.[Ti]. The maximum Gasteiger partial charge on any atom is 0.313 e. The van der Waals surface area contributed by atoms with Gasteiger partial charge in [-0.2, -0.15) is 0 Å². The Kier molecular flexibility index (Phi) is 37.7. The monoisotopic (exact) mass is 512 g/mol. The van der Waals surface area contributed by atoms with Crippen molar-refractivity contribution in [2.75, 3.05) is 26.4 Å². The molecule has 10 nitrogen and oxygen atoms in total. The van der Waals surface area contributed by atoms with E-state index >= 15 is 0 Å². The third kappa shape index (κ3) is 53.4. The first kappa shape index (κ1) is 41.4. The zero-order valence-corrected chi connectivity index (χ0v) is 22.7. The molecule has 0 saturated carbocycles. The van der Waals surface area contributed by atoms with Crippen LogP contribution in [0.25, 0.3) is 0 Å². The summed E-state index contributed by atoms with van der Waals surface area (Å²) in [4.78, 5) is 61.9. The van der Waals surface area contributed by atoms with Gasteiger partial charge in [0.25, 0.3) is 0 Å². The van der Waals surface area contributed by atoms with Crippen LogP contribution in [0.4, 0.5) is 0 Å². The first-order chi connectivity index (χ1) is 14.8. The van der Waals surface area contributed by atoms with Crippen LogP contribution < -0.4 is 0 Å². The Labute approximate surface area is 212 Å². The topological polar surface area (TPSA) is 150 Å². The van der Waals surface area contributed by atoms with Gasteiger partial charge in [0.15, 0.2) is 0 Å². The Hall–Kier alpha value is -1.91. The first-order valence-corrected chi connectivity index (χ1v) is 10.3. The molecule has 0 spiro atoms. The second kappa shape index (κ2) is 30.1. The van der Waals surface area contributed by atoms with Crippen LogP contribution in [0.2, 0.25) is 0 Å². The van der Waals surface area contributed by atoms with Gasteiger partial charge in [0.2, 0.25) is 0 Å². The fraction of sp³-hybridized carbons (Fsp3) is 0.727. The Morgan fingerprint density at radius 2 is 0.788 bits per heavy atom. The second-order valence-corrected chi connectivity index (χ2v) is 6.63. The van der Waals surface area contributed by atoms with E-state index < -0.39 is 17.9 Å². The molecule has 1 N–H and O–H groups in total. The van der Waals surface area contributed by atoms with Gasteiger partial charge >= 0.3 is 17.9 Å². The first-order valence-electron chi connectivity index (χ1n) is 10.3. The van der Waals surface area contributed by atoms with E-state index in [2.05, 4.69) is 14.2 Å². The minimum Gasteiger partial charge on any atom is -0.466 e. The molecule has 33 heavy (non-hydrogen) atoms. The van der Waals surface area contributed by atoms with Crippen molar-refractivity contribution in [2.45, 2.75) is 74.7 Å². The number of ether oxygens (including phenoxy) is 3. The Morgan fingerprint density at radius 1 is 0.606 bits per heavy atom. The second-order valence-electron chi connectivity index (χ2n) is 6.63. The van der Waals surface area contributed by atoms with Crippen LogP contribution in [0.3, 0.4) is 0 Å². The van der Waals surface area contributed by atoms with Gasteiger partial charge in [0.05, 0.1) is 19.8 Å². The van der Waals surface area contributed by atoms with Gasteiger partial charge in [0.1, 0.15) is 36.6 Å². The zero-order chi connectivity index (χ0) is 26.1. The summed E-state index contributed by atoms with van der Waals surface area (Å²) < 4.78 is 13.5. The number of carbonyl (C=O) groups excluding carboxylic acids is 6. The smallest absolute Gasteiger partial charge is 0.313 e. The zero-order valence-electron chi connectivity index (χ0n) is 21.1. The summed E-state index contributed by atoms with van der Waals surface area (Å²) >= 11 is 0. The predicted molar refractivity (Wildman–Crippen MR) is 118 cm³/mol. The number of esters is 3. The molecule has 0 amide bonds. The summed E-state index contributed by atoms with van der Waals surface area (Å²) in [6, 6.07) is 0. The molecule has 0 aromatic heterocycles. The van der Waals surface area contributed by atoms with Crippen molar-refractivity contribution in [3.05, 3.63) is 0 Å². The minimum atomic E-state index is -0.440. The van der Waals surface area contributed by atoms with E-state index in [-0.39, 0.29) is 58.3 Å². The van der Waals surface area contributed by atoms with Crippen LogP contribution >= 0.6 is 0 Å². The molecule has 0 aliphatic heterocycles. The average Bonchev–Trinajstić information content (AvgIpc) is 2.62.